The van der Waals surface area contributed by atoms with Gasteiger partial charge in [-0.05, 0) is 24.1 Å². The fourth-order valence-corrected chi connectivity index (χ4v) is 2.03. The Bertz CT molecular complexity index is 716. The number of methoxy groups -OCH3 is 1. The van der Waals surface area contributed by atoms with Crippen LogP contribution in [-0.4, -0.2) is 12.1 Å². The normalized spacial score (nSPS) is 11.4. The van der Waals surface area contributed by atoms with Crippen LogP contribution >= 0.6 is 0 Å². The van der Waals surface area contributed by atoms with Crippen molar-refractivity contribution < 1.29 is 9.13 Å². The topological polar surface area (TPSA) is 22.1 Å². The summed E-state index contributed by atoms with van der Waals surface area (Å²) >= 11 is 0. The molecule has 1 aromatic carbocycles. The number of hydrogen-bond acceptors (Lipinski definition) is 2. The summed E-state index contributed by atoms with van der Waals surface area (Å²) in [4.78, 5) is 4.39. The highest BCUT2D eigenvalue weighted by atomic mass is 19.1. The summed E-state index contributed by atoms with van der Waals surface area (Å²) in [7, 11) is 1.56. The van der Waals surface area contributed by atoms with Crippen molar-refractivity contribution in [3.8, 4) is 5.75 Å². The van der Waals surface area contributed by atoms with Crippen LogP contribution in [-0.2, 0) is 0 Å². The van der Waals surface area contributed by atoms with Crippen LogP contribution in [0.3, 0.4) is 0 Å². The zero-order valence-corrected chi connectivity index (χ0v) is 11.6. The van der Waals surface area contributed by atoms with Gasteiger partial charge in [0.1, 0.15) is 11.3 Å². The van der Waals surface area contributed by atoms with Crippen LogP contribution in [0, 0.1) is 12.7 Å². The second-order valence-corrected chi connectivity index (χ2v) is 4.36. The smallest absolute Gasteiger partial charge is 0.152 e. The molecule has 1 aromatic heterocycles. The lowest BCUT2D eigenvalue weighted by molar-refractivity contribution is 0.419. The first-order valence-corrected chi connectivity index (χ1v) is 6.21. The highest BCUT2D eigenvalue weighted by molar-refractivity contribution is 5.89. The summed E-state index contributed by atoms with van der Waals surface area (Å²) in [5.41, 5.74) is 2.23. The Hall–Kier alpha value is -2.42. The number of fused-ring (bicyclic) bond motifs is 1. The van der Waals surface area contributed by atoms with Gasteiger partial charge < -0.3 is 4.74 Å². The molecule has 0 saturated carbocycles. The van der Waals surface area contributed by atoms with E-state index in [0.29, 0.717) is 27.9 Å². The molecule has 0 spiro atoms. The van der Waals surface area contributed by atoms with Gasteiger partial charge in [-0.15, -0.1) is 0 Å². The number of allylic oxidation sites excluding steroid dienone is 4. The van der Waals surface area contributed by atoms with Gasteiger partial charge in [-0.25, -0.2) is 9.37 Å². The zero-order chi connectivity index (χ0) is 14.7. The van der Waals surface area contributed by atoms with Crippen molar-refractivity contribution in [2.45, 2.75) is 6.92 Å². The summed E-state index contributed by atoms with van der Waals surface area (Å²) in [5, 5.41) is 0.654. The molecule has 0 fully saturated rings. The van der Waals surface area contributed by atoms with Crippen molar-refractivity contribution in [2.24, 2.45) is 0 Å². The number of aromatic nitrogens is 1. The number of nitrogens with zero attached hydrogens (tertiary/aromatic N) is 1. The van der Waals surface area contributed by atoms with Crippen LogP contribution in [0.5, 0.6) is 5.75 Å². The molecule has 1 heterocycles. The molecule has 102 valence electrons. The molecule has 0 aliphatic rings. The van der Waals surface area contributed by atoms with Crippen molar-refractivity contribution >= 4 is 16.5 Å². The number of benzene rings is 1. The van der Waals surface area contributed by atoms with E-state index in [1.54, 1.807) is 44.4 Å². The Labute approximate surface area is 117 Å². The van der Waals surface area contributed by atoms with E-state index >= 15 is 0 Å². The Kier molecular flexibility index (Phi) is 3.99. The van der Waals surface area contributed by atoms with Gasteiger partial charge in [0.2, 0.25) is 0 Å². The minimum Gasteiger partial charge on any atom is -0.496 e. The standard InChI is InChI=1S/C17H16FNO/c1-5-7-12(6-2)14-10-15(20-4)13-9-8-11(3)16(18)17(13)19-14/h5-10H,1-2H2,3-4H3/b12-7+. The number of rotatable bonds is 4. The molecule has 3 heteroatoms. The fraction of sp³-hybridized carbons (Fsp3) is 0.118. The average molecular weight is 269 g/mol. The van der Waals surface area contributed by atoms with Gasteiger partial charge in [-0.2, -0.15) is 0 Å². The molecule has 0 saturated heterocycles. The maximum Gasteiger partial charge on any atom is 0.152 e. The largest absolute Gasteiger partial charge is 0.496 e. The van der Waals surface area contributed by atoms with Crippen LogP contribution in [0.25, 0.3) is 16.5 Å². The zero-order valence-electron chi connectivity index (χ0n) is 11.6. The maximum absolute atomic E-state index is 14.3. The summed E-state index contributed by atoms with van der Waals surface area (Å²) in [6.45, 7) is 9.11. The monoisotopic (exact) mass is 269 g/mol. The molecule has 0 aliphatic heterocycles. The third-order valence-corrected chi connectivity index (χ3v) is 3.11. The van der Waals surface area contributed by atoms with Crippen LogP contribution in [0.15, 0.2) is 49.6 Å². The van der Waals surface area contributed by atoms with Crippen molar-refractivity contribution in [3.63, 3.8) is 0 Å². The quantitative estimate of drug-likeness (QED) is 0.765. The Morgan fingerprint density at radius 2 is 2.10 bits per heavy atom. The average Bonchev–Trinajstić information content (AvgIpc) is 2.47. The van der Waals surface area contributed by atoms with Gasteiger partial charge in [0.25, 0.3) is 0 Å². The van der Waals surface area contributed by atoms with E-state index in [0.717, 1.165) is 5.57 Å². The molecule has 20 heavy (non-hydrogen) atoms. The molecule has 0 unspecified atom stereocenters. The van der Waals surface area contributed by atoms with Crippen molar-refractivity contribution in [1.29, 1.82) is 0 Å². The molecule has 0 aliphatic carbocycles. The summed E-state index contributed by atoms with van der Waals surface area (Å²) < 4.78 is 19.6. The van der Waals surface area contributed by atoms with E-state index in [4.69, 9.17) is 4.74 Å². The molecular weight excluding hydrogens is 253 g/mol. The number of pyridine rings is 1. The SMILES string of the molecule is C=C/C=C(\C=C)c1cc(OC)c2ccc(C)c(F)c2n1. The second kappa shape index (κ2) is 5.70. The molecule has 0 atom stereocenters. The first kappa shape index (κ1) is 14.0. The lowest BCUT2D eigenvalue weighted by Gasteiger charge is -2.10. The van der Waals surface area contributed by atoms with Gasteiger partial charge in [0, 0.05) is 11.5 Å². The predicted octanol–water partition coefficient (Wildman–Crippen LogP) is 4.45. The van der Waals surface area contributed by atoms with Gasteiger partial charge in [0.15, 0.2) is 5.82 Å². The van der Waals surface area contributed by atoms with Crippen LogP contribution in [0.2, 0.25) is 0 Å². The Morgan fingerprint density at radius 1 is 1.35 bits per heavy atom. The number of hydrogen-bond donors (Lipinski definition) is 0. The van der Waals surface area contributed by atoms with Gasteiger partial charge in [-0.1, -0.05) is 37.5 Å². The fourth-order valence-electron chi connectivity index (χ4n) is 2.03. The molecular formula is C17H16FNO. The predicted molar refractivity (Wildman–Crippen MR) is 81.4 cm³/mol. The second-order valence-electron chi connectivity index (χ2n) is 4.36. The highest BCUT2D eigenvalue weighted by Gasteiger charge is 2.13. The van der Waals surface area contributed by atoms with Gasteiger partial charge in [0.05, 0.1) is 12.8 Å². The van der Waals surface area contributed by atoms with E-state index in [1.165, 1.54) is 0 Å². The van der Waals surface area contributed by atoms with E-state index in [9.17, 15) is 4.39 Å². The van der Waals surface area contributed by atoms with Gasteiger partial charge >= 0.3 is 0 Å². The number of aryl methyl sites for hydroxylation is 1. The van der Waals surface area contributed by atoms with Gasteiger partial charge in [-0.3, -0.25) is 0 Å². The Morgan fingerprint density at radius 3 is 2.70 bits per heavy atom. The third-order valence-electron chi connectivity index (χ3n) is 3.11. The van der Waals surface area contributed by atoms with Crippen LogP contribution in [0.1, 0.15) is 11.3 Å². The molecule has 0 amide bonds. The molecule has 2 nitrogen and oxygen atoms in total. The summed E-state index contributed by atoms with van der Waals surface area (Å²) in [6, 6.07) is 5.30. The first-order valence-electron chi connectivity index (χ1n) is 6.21. The lowest BCUT2D eigenvalue weighted by atomic mass is 10.1. The first-order chi connectivity index (χ1) is 9.62. The van der Waals surface area contributed by atoms with Crippen LogP contribution in [0.4, 0.5) is 4.39 Å². The van der Waals surface area contributed by atoms with Crippen molar-refractivity contribution in [1.82, 2.24) is 4.98 Å². The highest BCUT2D eigenvalue weighted by Crippen LogP contribution is 2.30. The van der Waals surface area contributed by atoms with E-state index in [1.807, 2.05) is 6.07 Å². The minimum absolute atomic E-state index is 0.302. The molecule has 0 N–H and O–H groups in total. The van der Waals surface area contributed by atoms with Crippen LogP contribution < -0.4 is 4.74 Å². The minimum atomic E-state index is -0.329. The molecule has 2 rings (SSSR count). The van der Waals surface area contributed by atoms with Crippen molar-refractivity contribution in [2.75, 3.05) is 7.11 Å². The summed E-state index contributed by atoms with van der Waals surface area (Å²) in [5.74, 6) is 0.255. The summed E-state index contributed by atoms with van der Waals surface area (Å²) in [6.07, 6.45) is 5.07. The van der Waals surface area contributed by atoms with Crippen molar-refractivity contribution in [3.05, 3.63) is 66.7 Å². The number of halogens is 1. The third kappa shape index (κ3) is 2.35. The van der Waals surface area contributed by atoms with E-state index in [2.05, 4.69) is 18.1 Å². The molecule has 0 radical (unpaired) electrons. The molecule has 2 aromatic rings. The molecule has 0 bridgehead atoms. The van der Waals surface area contributed by atoms with E-state index < -0.39 is 0 Å². The number of ether oxygens (including phenoxy) is 1. The lowest BCUT2D eigenvalue weighted by Crippen LogP contribution is -1.96. The Balaban J connectivity index is 2.82. The maximum atomic E-state index is 14.3. The van der Waals surface area contributed by atoms with E-state index in [-0.39, 0.29) is 5.82 Å².